The molecule has 2 heterocycles. The Kier molecular flexibility index (Phi) is 4.09. The fraction of sp³-hybridized carbons (Fsp3) is 0.333. The summed E-state index contributed by atoms with van der Waals surface area (Å²) in [5.41, 5.74) is 1.49. The van der Waals surface area contributed by atoms with Crippen LogP contribution in [0.5, 0.6) is 0 Å². The average molecular weight is 292 g/mol. The van der Waals surface area contributed by atoms with Crippen LogP contribution in [-0.2, 0) is 16.0 Å². The topological polar surface area (TPSA) is 56.5 Å². The van der Waals surface area contributed by atoms with Gasteiger partial charge in [0.2, 0.25) is 5.78 Å². The molecule has 0 saturated carbocycles. The van der Waals surface area contributed by atoms with Gasteiger partial charge in [-0.05, 0) is 32.9 Å². The van der Waals surface area contributed by atoms with E-state index in [1.54, 1.807) is 19.1 Å². The maximum Gasteiger partial charge on any atom is 0.310 e. The number of methoxy groups -OCH3 is 1. The molecule has 4 nitrogen and oxygen atoms in total. The molecule has 0 bridgehead atoms. The summed E-state index contributed by atoms with van der Waals surface area (Å²) in [6.45, 7) is 5.51. The lowest BCUT2D eigenvalue weighted by molar-refractivity contribution is -0.139. The van der Waals surface area contributed by atoms with Gasteiger partial charge >= 0.3 is 5.97 Å². The van der Waals surface area contributed by atoms with Crippen molar-refractivity contribution < 1.29 is 18.7 Å². The van der Waals surface area contributed by atoms with Crippen LogP contribution in [0.25, 0.3) is 0 Å². The molecule has 0 atom stereocenters. The summed E-state index contributed by atoms with van der Waals surface area (Å²) in [7, 11) is 1.35. The lowest BCUT2D eigenvalue weighted by Gasteiger charge is -1.98. The Hall–Kier alpha value is -1.88. The van der Waals surface area contributed by atoms with Gasteiger partial charge in [-0.3, -0.25) is 9.59 Å². The first-order chi connectivity index (χ1) is 9.43. The Bertz CT molecular complexity index is 663. The third kappa shape index (κ3) is 2.67. The van der Waals surface area contributed by atoms with Gasteiger partial charge in [0.25, 0.3) is 0 Å². The Morgan fingerprint density at radius 3 is 2.45 bits per heavy atom. The minimum Gasteiger partial charge on any atom is -0.469 e. The molecule has 0 spiro atoms. The van der Waals surface area contributed by atoms with Gasteiger partial charge in [0.1, 0.15) is 11.5 Å². The van der Waals surface area contributed by atoms with Gasteiger partial charge in [0.15, 0.2) is 0 Å². The number of aryl methyl sites for hydroxylation is 2. The second kappa shape index (κ2) is 5.63. The molecule has 2 aromatic heterocycles. The predicted octanol–water partition coefficient (Wildman–Crippen LogP) is 3.21. The summed E-state index contributed by atoms with van der Waals surface area (Å²) in [5.74, 6) is 1.03. The number of hydrogen-bond donors (Lipinski definition) is 0. The van der Waals surface area contributed by atoms with E-state index in [0.717, 1.165) is 16.2 Å². The molecule has 0 aromatic carbocycles. The van der Waals surface area contributed by atoms with Crippen LogP contribution in [0.2, 0.25) is 0 Å². The highest BCUT2D eigenvalue weighted by Gasteiger charge is 2.21. The van der Waals surface area contributed by atoms with Gasteiger partial charge in [-0.25, -0.2) is 0 Å². The largest absolute Gasteiger partial charge is 0.469 e. The minimum atomic E-state index is -0.308. The van der Waals surface area contributed by atoms with Crippen LogP contribution < -0.4 is 0 Å². The van der Waals surface area contributed by atoms with E-state index < -0.39 is 0 Å². The standard InChI is InChI=1S/C15H16O4S/c1-8-9(2)19-10(3)14(8)15(17)12-6-5-11(20-12)7-13(16)18-4/h5-6H,7H2,1-4H3. The molecule has 0 N–H and O–H groups in total. The Morgan fingerprint density at radius 2 is 1.90 bits per heavy atom. The van der Waals surface area contributed by atoms with E-state index in [1.807, 2.05) is 13.8 Å². The minimum absolute atomic E-state index is 0.0574. The van der Waals surface area contributed by atoms with Gasteiger partial charge < -0.3 is 9.15 Å². The van der Waals surface area contributed by atoms with Crippen LogP contribution in [-0.4, -0.2) is 18.9 Å². The molecule has 0 aliphatic heterocycles. The van der Waals surface area contributed by atoms with Crippen molar-refractivity contribution in [2.75, 3.05) is 7.11 Å². The molecule has 20 heavy (non-hydrogen) atoms. The van der Waals surface area contributed by atoms with Crippen LogP contribution >= 0.6 is 11.3 Å². The number of esters is 1. The van der Waals surface area contributed by atoms with E-state index in [-0.39, 0.29) is 18.2 Å². The monoisotopic (exact) mass is 292 g/mol. The normalized spacial score (nSPS) is 10.6. The Morgan fingerprint density at radius 1 is 1.20 bits per heavy atom. The predicted molar refractivity (Wildman–Crippen MR) is 76.4 cm³/mol. The summed E-state index contributed by atoms with van der Waals surface area (Å²) in [4.78, 5) is 25.2. The number of ether oxygens (including phenoxy) is 1. The second-order valence-electron chi connectivity index (χ2n) is 4.56. The van der Waals surface area contributed by atoms with Crippen molar-refractivity contribution in [2.45, 2.75) is 27.2 Å². The smallest absolute Gasteiger partial charge is 0.310 e. The van der Waals surface area contributed by atoms with Gasteiger partial charge in [-0.2, -0.15) is 0 Å². The number of hydrogen-bond acceptors (Lipinski definition) is 5. The summed E-state index contributed by atoms with van der Waals surface area (Å²) in [5, 5.41) is 0. The summed E-state index contributed by atoms with van der Waals surface area (Å²) in [6.07, 6.45) is 0.191. The van der Waals surface area contributed by atoms with Crippen molar-refractivity contribution in [1.82, 2.24) is 0 Å². The molecule has 0 radical (unpaired) electrons. The average Bonchev–Trinajstić information content (AvgIpc) is 2.95. The molecule has 106 valence electrons. The molecular weight excluding hydrogens is 276 g/mol. The lowest BCUT2D eigenvalue weighted by Crippen LogP contribution is -2.03. The molecule has 0 unspecified atom stereocenters. The number of carbonyl (C=O) groups is 2. The zero-order chi connectivity index (χ0) is 14.9. The molecule has 0 saturated heterocycles. The molecule has 0 aliphatic carbocycles. The van der Waals surface area contributed by atoms with Crippen molar-refractivity contribution >= 4 is 23.1 Å². The SMILES string of the molecule is COC(=O)Cc1ccc(C(=O)c2c(C)oc(C)c2C)s1. The highest BCUT2D eigenvalue weighted by atomic mass is 32.1. The fourth-order valence-corrected chi connectivity index (χ4v) is 3.00. The lowest BCUT2D eigenvalue weighted by atomic mass is 10.1. The molecule has 5 heteroatoms. The van der Waals surface area contributed by atoms with Crippen molar-refractivity contribution in [3.8, 4) is 0 Å². The van der Waals surface area contributed by atoms with Crippen molar-refractivity contribution in [2.24, 2.45) is 0 Å². The summed E-state index contributed by atoms with van der Waals surface area (Å²) < 4.78 is 10.1. The fourth-order valence-electron chi connectivity index (χ4n) is 2.06. The molecule has 0 aliphatic rings. The highest BCUT2D eigenvalue weighted by Crippen LogP contribution is 2.27. The molecule has 2 rings (SSSR count). The maximum absolute atomic E-state index is 12.5. The molecule has 0 amide bonds. The number of carbonyl (C=O) groups excluding carboxylic acids is 2. The van der Waals surface area contributed by atoms with Crippen molar-refractivity contribution in [3.05, 3.63) is 44.5 Å². The first kappa shape index (κ1) is 14.5. The third-order valence-electron chi connectivity index (χ3n) is 3.22. The Labute approximate surface area is 121 Å². The summed E-state index contributed by atoms with van der Waals surface area (Å²) in [6, 6.07) is 3.53. The quantitative estimate of drug-likeness (QED) is 0.641. The zero-order valence-corrected chi connectivity index (χ0v) is 12.7. The molecule has 0 fully saturated rings. The first-order valence-corrected chi connectivity index (χ1v) is 7.02. The third-order valence-corrected chi connectivity index (χ3v) is 4.30. The summed E-state index contributed by atoms with van der Waals surface area (Å²) >= 11 is 1.31. The number of ketones is 1. The van der Waals surface area contributed by atoms with E-state index in [0.29, 0.717) is 16.2 Å². The maximum atomic E-state index is 12.5. The van der Waals surface area contributed by atoms with Crippen LogP contribution in [0.15, 0.2) is 16.5 Å². The molecular formula is C15H16O4S. The van der Waals surface area contributed by atoms with Crippen LogP contribution in [0.3, 0.4) is 0 Å². The van der Waals surface area contributed by atoms with E-state index >= 15 is 0 Å². The van der Waals surface area contributed by atoms with Crippen LogP contribution in [0.1, 0.15) is 37.2 Å². The van der Waals surface area contributed by atoms with Gasteiger partial charge in [-0.1, -0.05) is 0 Å². The van der Waals surface area contributed by atoms with Crippen LogP contribution in [0.4, 0.5) is 0 Å². The van der Waals surface area contributed by atoms with Crippen LogP contribution in [0, 0.1) is 20.8 Å². The Balaban J connectivity index is 2.28. The van der Waals surface area contributed by atoms with E-state index in [4.69, 9.17) is 4.42 Å². The van der Waals surface area contributed by atoms with Gasteiger partial charge in [0, 0.05) is 10.4 Å². The number of thiophene rings is 1. The van der Waals surface area contributed by atoms with E-state index in [9.17, 15) is 9.59 Å². The van der Waals surface area contributed by atoms with Crippen molar-refractivity contribution in [1.29, 1.82) is 0 Å². The number of furan rings is 1. The van der Waals surface area contributed by atoms with Gasteiger partial charge in [-0.15, -0.1) is 11.3 Å². The zero-order valence-electron chi connectivity index (χ0n) is 11.9. The van der Waals surface area contributed by atoms with E-state index in [1.165, 1.54) is 18.4 Å². The van der Waals surface area contributed by atoms with Crippen molar-refractivity contribution in [3.63, 3.8) is 0 Å². The first-order valence-electron chi connectivity index (χ1n) is 6.20. The number of rotatable bonds is 4. The molecule has 2 aromatic rings. The van der Waals surface area contributed by atoms with E-state index in [2.05, 4.69) is 4.74 Å². The van der Waals surface area contributed by atoms with Gasteiger partial charge in [0.05, 0.1) is 24.0 Å². The second-order valence-corrected chi connectivity index (χ2v) is 5.73. The highest BCUT2D eigenvalue weighted by molar-refractivity contribution is 7.14.